The predicted molar refractivity (Wildman–Crippen MR) is 90.5 cm³/mol. The minimum atomic E-state index is 0.0241. The molecule has 3 aliphatic heterocycles. The Hall–Kier alpha value is 1.24. The monoisotopic (exact) mass is 354 g/mol. The van der Waals surface area contributed by atoms with Crippen molar-refractivity contribution in [3.63, 3.8) is 0 Å². The highest BCUT2D eigenvalue weighted by molar-refractivity contribution is 8.43. The van der Waals surface area contributed by atoms with Gasteiger partial charge >= 0.3 is 0 Å². The molecule has 0 radical (unpaired) electrons. The molecule has 0 saturated carbocycles. The Kier molecular flexibility index (Phi) is 5.00. The quantitative estimate of drug-likeness (QED) is 0.774. The summed E-state index contributed by atoms with van der Waals surface area (Å²) in [5.41, 5.74) is 0. The lowest BCUT2D eigenvalue weighted by atomic mass is 10.5. The van der Waals surface area contributed by atoms with Crippen LogP contribution in [0.5, 0.6) is 0 Å². The van der Waals surface area contributed by atoms with E-state index in [1.165, 1.54) is 28.5 Å². The molecule has 0 amide bonds. The Balaban J connectivity index is 1.76. The van der Waals surface area contributed by atoms with Crippen molar-refractivity contribution in [2.24, 2.45) is 0 Å². The van der Waals surface area contributed by atoms with Crippen LogP contribution in [0, 0.1) is 0 Å². The molecule has 0 aromatic carbocycles. The van der Waals surface area contributed by atoms with E-state index in [2.05, 4.69) is 0 Å². The molecular weight excluding hydrogens is 345 g/mol. The maximum Gasteiger partial charge on any atom is 0.0753 e. The van der Waals surface area contributed by atoms with E-state index < -0.39 is 0 Å². The second-order valence-corrected chi connectivity index (χ2v) is 10.9. The molecule has 0 bridgehead atoms. The van der Waals surface area contributed by atoms with E-state index in [4.69, 9.17) is 0 Å². The van der Waals surface area contributed by atoms with Crippen LogP contribution in [0.25, 0.3) is 0 Å². The zero-order valence-electron chi connectivity index (χ0n) is 9.17. The van der Waals surface area contributed by atoms with Gasteiger partial charge in [-0.2, -0.15) is 0 Å². The highest BCUT2D eigenvalue weighted by Gasteiger charge is 2.30. The van der Waals surface area contributed by atoms with E-state index in [0.29, 0.717) is 0 Å². The van der Waals surface area contributed by atoms with Crippen molar-refractivity contribution in [3.05, 3.63) is 26.8 Å². The highest BCUT2D eigenvalue weighted by atomic mass is 32.3. The van der Waals surface area contributed by atoms with Gasteiger partial charge in [-0.1, -0.05) is 47.0 Å². The second kappa shape index (κ2) is 6.34. The van der Waals surface area contributed by atoms with Gasteiger partial charge in [0.05, 0.1) is 30.2 Å². The molecule has 0 saturated heterocycles. The molecule has 0 aromatic heterocycles. The van der Waals surface area contributed by atoms with Crippen LogP contribution in [-0.4, -0.2) is 34.9 Å². The molecule has 3 aliphatic rings. The fourth-order valence-corrected chi connectivity index (χ4v) is 10.2. The van der Waals surface area contributed by atoms with Crippen molar-refractivity contribution in [2.45, 2.75) is 0 Å². The van der Waals surface area contributed by atoms with E-state index in [1.54, 1.807) is 23.5 Å². The van der Waals surface area contributed by atoms with Crippen LogP contribution in [0.1, 0.15) is 0 Å². The van der Waals surface area contributed by atoms with Crippen molar-refractivity contribution in [3.8, 4) is 0 Å². The molecule has 18 heavy (non-hydrogen) atoms. The van der Waals surface area contributed by atoms with Gasteiger partial charge in [0.25, 0.3) is 0 Å². The molecule has 3 heterocycles. The number of rotatable bonds is 2. The summed E-state index contributed by atoms with van der Waals surface area (Å²) in [6.07, 6.45) is 0. The Morgan fingerprint density at radius 3 is 1.56 bits per heavy atom. The smallest absolute Gasteiger partial charge is 0.0753 e. The molecule has 0 fully saturated rings. The molecule has 8 heteroatoms. The summed E-state index contributed by atoms with van der Waals surface area (Å²) < 4.78 is 5.39. The van der Waals surface area contributed by atoms with Gasteiger partial charge in [-0.05, 0) is 0 Å². The Bertz CT molecular complexity index is 405. The number of aliphatic hydroxyl groups excluding tert-OH is 2. The largest absolute Gasteiger partial charge is 0.391 e. The summed E-state index contributed by atoms with van der Waals surface area (Å²) in [5, 5.41) is 18.6. The number of hydrogen-bond acceptors (Lipinski definition) is 8. The Labute approximate surface area is 131 Å². The fourth-order valence-electron chi connectivity index (χ4n) is 1.48. The summed E-state index contributed by atoms with van der Waals surface area (Å²) in [7, 11) is 0. The van der Waals surface area contributed by atoms with Gasteiger partial charge in [0, 0.05) is 21.3 Å². The lowest BCUT2D eigenvalue weighted by molar-refractivity contribution is 0.324. The van der Waals surface area contributed by atoms with Crippen molar-refractivity contribution in [2.75, 3.05) is 24.7 Å². The third-order valence-corrected chi connectivity index (χ3v) is 11.2. The van der Waals surface area contributed by atoms with Crippen LogP contribution in [0.3, 0.4) is 0 Å². The Morgan fingerprint density at radius 2 is 1.11 bits per heavy atom. The van der Waals surface area contributed by atoms with Gasteiger partial charge in [0.2, 0.25) is 0 Å². The van der Waals surface area contributed by atoms with Gasteiger partial charge in [0.1, 0.15) is 0 Å². The van der Waals surface area contributed by atoms with Gasteiger partial charge < -0.3 is 10.2 Å². The fraction of sp³-hybridized carbons (Fsp3) is 0.400. The third-order valence-electron chi connectivity index (χ3n) is 2.28. The first-order chi connectivity index (χ1) is 8.81. The Morgan fingerprint density at radius 1 is 0.667 bits per heavy atom. The summed E-state index contributed by atoms with van der Waals surface area (Å²) in [6.45, 7) is 0.0482. The average molecular weight is 355 g/mol. The summed E-state index contributed by atoms with van der Waals surface area (Å²) in [4.78, 5) is 1.80. The molecule has 98 valence electrons. The average Bonchev–Trinajstić information content (AvgIpc) is 3.01. The first kappa shape index (κ1) is 14.2. The molecule has 0 spiro atoms. The first-order valence-electron chi connectivity index (χ1n) is 5.21. The van der Waals surface area contributed by atoms with Crippen LogP contribution >= 0.6 is 70.6 Å². The number of aliphatic hydroxyl groups is 2. The summed E-state index contributed by atoms with van der Waals surface area (Å²) in [5.74, 6) is 2.39. The number of hydrogen-bond donors (Lipinski definition) is 2. The molecule has 0 aromatic rings. The molecule has 0 atom stereocenters. The van der Waals surface area contributed by atoms with E-state index in [0.717, 1.165) is 9.81 Å². The van der Waals surface area contributed by atoms with Crippen molar-refractivity contribution < 1.29 is 10.2 Å². The maximum atomic E-state index is 9.28. The van der Waals surface area contributed by atoms with Crippen LogP contribution in [0.15, 0.2) is 26.8 Å². The van der Waals surface area contributed by atoms with Crippen LogP contribution in [0.4, 0.5) is 0 Å². The van der Waals surface area contributed by atoms with Gasteiger partial charge in [-0.3, -0.25) is 0 Å². The lowest BCUT2D eigenvalue weighted by Gasteiger charge is -2.08. The van der Waals surface area contributed by atoms with Crippen molar-refractivity contribution in [1.29, 1.82) is 0 Å². The lowest BCUT2D eigenvalue weighted by Crippen LogP contribution is -1.89. The minimum Gasteiger partial charge on any atom is -0.391 e. The molecular formula is C10H10O2S6. The molecule has 3 rings (SSSR count). The van der Waals surface area contributed by atoms with Crippen molar-refractivity contribution in [1.82, 2.24) is 0 Å². The first-order valence-corrected chi connectivity index (χ1v) is 10.4. The summed E-state index contributed by atoms with van der Waals surface area (Å²) in [6, 6.07) is 0. The van der Waals surface area contributed by atoms with E-state index in [-0.39, 0.29) is 13.2 Å². The van der Waals surface area contributed by atoms with Gasteiger partial charge in [-0.15, -0.1) is 23.5 Å². The van der Waals surface area contributed by atoms with E-state index in [1.807, 2.05) is 47.0 Å². The van der Waals surface area contributed by atoms with E-state index in [9.17, 15) is 10.2 Å². The topological polar surface area (TPSA) is 40.5 Å². The predicted octanol–water partition coefficient (Wildman–Crippen LogP) is 3.88. The van der Waals surface area contributed by atoms with Crippen LogP contribution < -0.4 is 0 Å². The number of thioether (sulfide) groups is 6. The maximum absolute atomic E-state index is 9.28. The third kappa shape index (κ3) is 2.81. The minimum absolute atomic E-state index is 0.0241. The van der Waals surface area contributed by atoms with Crippen molar-refractivity contribution >= 4 is 70.6 Å². The molecule has 2 N–H and O–H groups in total. The van der Waals surface area contributed by atoms with Crippen LogP contribution in [0.2, 0.25) is 0 Å². The second-order valence-electron chi connectivity index (χ2n) is 3.42. The van der Waals surface area contributed by atoms with Gasteiger partial charge in [-0.25, -0.2) is 0 Å². The molecule has 2 nitrogen and oxygen atoms in total. The summed E-state index contributed by atoms with van der Waals surface area (Å²) >= 11 is 10.8. The standard InChI is InChI=1S/C10H10O2S6/c11-3-5-6(4-12)16-9(15-5)10-17-7-8(18-10)14-2-1-13-7/h11-12H,1-4H2. The zero-order chi connectivity index (χ0) is 12.5. The normalized spacial score (nSPS) is 24.3. The molecule has 0 unspecified atom stereocenters. The zero-order valence-corrected chi connectivity index (χ0v) is 14.1. The van der Waals surface area contributed by atoms with Gasteiger partial charge in [0.15, 0.2) is 0 Å². The van der Waals surface area contributed by atoms with Crippen LogP contribution in [-0.2, 0) is 0 Å². The van der Waals surface area contributed by atoms with E-state index >= 15 is 0 Å². The molecule has 0 aliphatic carbocycles. The highest BCUT2D eigenvalue weighted by Crippen LogP contribution is 2.64. The SMILES string of the molecule is OCC1=C(CO)SC(=C2SC3=C(SCCS3)S2)S1.